The number of nitrogens with zero attached hydrogens (tertiary/aromatic N) is 1. The maximum absolute atomic E-state index is 6.03. The Morgan fingerprint density at radius 3 is 2.92 bits per heavy atom. The topological polar surface area (TPSA) is 49.3 Å². The second kappa shape index (κ2) is 6.63. The molecule has 2 fully saturated rings. The normalized spacial score (nSPS) is 25.6. The van der Waals surface area contributed by atoms with Gasteiger partial charge in [-0.05, 0) is 43.4 Å². The molecule has 0 aromatic heterocycles. The highest BCUT2D eigenvalue weighted by Crippen LogP contribution is 2.37. The average Bonchev–Trinajstić information content (AvgIpc) is 3.18. The van der Waals surface area contributed by atoms with Crippen LogP contribution in [0.1, 0.15) is 44.6 Å². The fourth-order valence-electron chi connectivity index (χ4n) is 3.10. The molecule has 1 saturated carbocycles. The fraction of sp³-hybridized carbons (Fsp3) is 0.632. The second-order valence-electron chi connectivity index (χ2n) is 7.06. The zero-order chi connectivity index (χ0) is 16.4. The molecule has 1 atom stereocenters. The summed E-state index contributed by atoms with van der Waals surface area (Å²) in [6, 6.07) is 6.09. The van der Waals surface area contributed by atoms with Gasteiger partial charge in [-0.1, -0.05) is 12.1 Å². The smallest absolute Gasteiger partial charge is 0.168 e. The fourth-order valence-corrected chi connectivity index (χ4v) is 3.10. The predicted molar refractivity (Wildman–Crippen MR) is 90.9 cm³/mol. The lowest BCUT2D eigenvalue weighted by molar-refractivity contribution is -0.0237. The Labute approximate surface area is 142 Å². The third-order valence-electron chi connectivity index (χ3n) is 4.82. The summed E-state index contributed by atoms with van der Waals surface area (Å²) < 4.78 is 17.3. The molecule has 1 aliphatic carbocycles. The van der Waals surface area contributed by atoms with Crippen LogP contribution < -0.4 is 9.47 Å². The summed E-state index contributed by atoms with van der Waals surface area (Å²) in [5, 5.41) is 4.32. The van der Waals surface area contributed by atoms with E-state index in [1.165, 1.54) is 12.8 Å². The molecule has 0 N–H and O–H groups in total. The molecule has 5 nitrogen and oxygen atoms in total. The van der Waals surface area contributed by atoms with Crippen molar-refractivity contribution in [1.82, 2.24) is 0 Å². The quantitative estimate of drug-likeness (QED) is 0.767. The van der Waals surface area contributed by atoms with Crippen LogP contribution in [0, 0.1) is 5.92 Å². The minimum absolute atomic E-state index is 0.248. The predicted octanol–water partition coefficient (Wildman–Crippen LogP) is 3.55. The van der Waals surface area contributed by atoms with E-state index in [1.54, 1.807) is 0 Å². The minimum Gasteiger partial charge on any atom is -0.490 e. The third kappa shape index (κ3) is 3.36. The Bertz CT molecular complexity index is 618. The van der Waals surface area contributed by atoms with Crippen molar-refractivity contribution in [3.63, 3.8) is 0 Å². The lowest BCUT2D eigenvalue weighted by Gasteiger charge is -2.17. The molecule has 2 heterocycles. The number of rotatable bonds is 7. The van der Waals surface area contributed by atoms with E-state index in [0.29, 0.717) is 19.1 Å². The zero-order valence-corrected chi connectivity index (χ0v) is 14.3. The summed E-state index contributed by atoms with van der Waals surface area (Å²) in [5.74, 6) is 2.34. The first-order chi connectivity index (χ1) is 11.8. The average molecular weight is 331 g/mol. The maximum Gasteiger partial charge on any atom is 0.168 e. The summed E-state index contributed by atoms with van der Waals surface area (Å²) in [5.41, 5.74) is 1.77. The first-order valence-electron chi connectivity index (χ1n) is 9.01. The largest absolute Gasteiger partial charge is 0.490 e. The number of hydrogen-bond donors (Lipinski definition) is 0. The molecule has 1 aromatic carbocycles. The first-order valence-corrected chi connectivity index (χ1v) is 9.01. The second-order valence-corrected chi connectivity index (χ2v) is 7.06. The number of oxime groups is 1. The molecule has 1 aromatic rings. The maximum atomic E-state index is 6.03. The molecule has 3 aliphatic rings. The number of hydrogen-bond acceptors (Lipinski definition) is 5. The molecule has 4 rings (SSSR count). The monoisotopic (exact) mass is 331 g/mol. The molecule has 2 aliphatic heterocycles. The van der Waals surface area contributed by atoms with Crippen molar-refractivity contribution in [2.45, 2.75) is 44.6 Å². The standard InChI is InChI=1S/C19H25NO4/c1-2-8-22-17-6-5-15(10-18(17)23-12-14-3-4-14)16-11-19(24-20-16)7-9-21-13-19/h5-6,10,14H,2-4,7-9,11-13H2,1H3. The van der Waals surface area contributed by atoms with Crippen molar-refractivity contribution >= 4 is 5.71 Å². The van der Waals surface area contributed by atoms with Gasteiger partial charge in [-0.25, -0.2) is 0 Å². The van der Waals surface area contributed by atoms with Crippen LogP contribution >= 0.6 is 0 Å². The van der Waals surface area contributed by atoms with Gasteiger partial charge in [0, 0.05) is 18.4 Å². The molecule has 1 spiro atoms. The Kier molecular flexibility index (Phi) is 4.35. The van der Waals surface area contributed by atoms with Crippen LogP contribution in [0.4, 0.5) is 0 Å². The molecule has 0 amide bonds. The molecule has 1 saturated heterocycles. The Hall–Kier alpha value is -1.75. The van der Waals surface area contributed by atoms with Gasteiger partial charge in [-0.3, -0.25) is 0 Å². The third-order valence-corrected chi connectivity index (χ3v) is 4.82. The Morgan fingerprint density at radius 2 is 2.17 bits per heavy atom. The zero-order valence-electron chi connectivity index (χ0n) is 14.3. The van der Waals surface area contributed by atoms with Crippen molar-refractivity contribution in [3.05, 3.63) is 23.8 Å². The van der Waals surface area contributed by atoms with Crippen LogP contribution in [0.15, 0.2) is 23.4 Å². The molecule has 24 heavy (non-hydrogen) atoms. The molecule has 1 unspecified atom stereocenters. The lowest BCUT2D eigenvalue weighted by atomic mass is 9.93. The highest BCUT2D eigenvalue weighted by atomic mass is 16.7. The van der Waals surface area contributed by atoms with E-state index in [-0.39, 0.29) is 5.60 Å². The van der Waals surface area contributed by atoms with Crippen LogP contribution in [-0.4, -0.2) is 37.7 Å². The first kappa shape index (κ1) is 15.8. The van der Waals surface area contributed by atoms with Gasteiger partial charge in [-0.2, -0.15) is 0 Å². The molecule has 5 heteroatoms. The summed E-state index contributed by atoms with van der Waals surface area (Å²) in [6.45, 7) is 4.95. The Balaban J connectivity index is 1.51. The Morgan fingerprint density at radius 1 is 1.25 bits per heavy atom. The molecular weight excluding hydrogens is 306 g/mol. The molecule has 0 bridgehead atoms. The van der Waals surface area contributed by atoms with Crippen LogP contribution in [0.5, 0.6) is 11.5 Å². The summed E-state index contributed by atoms with van der Waals surface area (Å²) in [7, 11) is 0. The number of benzene rings is 1. The van der Waals surface area contributed by atoms with Gasteiger partial charge < -0.3 is 19.0 Å². The van der Waals surface area contributed by atoms with Gasteiger partial charge in [0.2, 0.25) is 0 Å². The van der Waals surface area contributed by atoms with E-state index in [9.17, 15) is 0 Å². The SMILES string of the molecule is CCCOc1ccc(C2=NOC3(CCOC3)C2)cc1OCC1CC1. The minimum atomic E-state index is -0.248. The van der Waals surface area contributed by atoms with Gasteiger partial charge in [-0.15, -0.1) is 0 Å². The summed E-state index contributed by atoms with van der Waals surface area (Å²) >= 11 is 0. The van der Waals surface area contributed by atoms with Gasteiger partial charge >= 0.3 is 0 Å². The van der Waals surface area contributed by atoms with E-state index in [4.69, 9.17) is 19.0 Å². The molecular formula is C19H25NO4. The van der Waals surface area contributed by atoms with Crippen molar-refractivity contribution in [3.8, 4) is 11.5 Å². The van der Waals surface area contributed by atoms with Gasteiger partial charge in [0.05, 0.1) is 32.1 Å². The molecule has 0 radical (unpaired) electrons. The van der Waals surface area contributed by atoms with Gasteiger partial charge in [0.25, 0.3) is 0 Å². The van der Waals surface area contributed by atoms with Crippen LogP contribution in [0.2, 0.25) is 0 Å². The van der Waals surface area contributed by atoms with Crippen molar-refractivity contribution in [2.24, 2.45) is 11.1 Å². The van der Waals surface area contributed by atoms with E-state index in [1.807, 2.05) is 18.2 Å². The number of ether oxygens (including phenoxy) is 3. The summed E-state index contributed by atoms with van der Waals surface area (Å²) in [4.78, 5) is 5.70. The van der Waals surface area contributed by atoms with E-state index >= 15 is 0 Å². The van der Waals surface area contributed by atoms with Crippen molar-refractivity contribution < 1.29 is 19.0 Å². The van der Waals surface area contributed by atoms with E-state index < -0.39 is 0 Å². The van der Waals surface area contributed by atoms with Crippen LogP contribution in [0.3, 0.4) is 0 Å². The van der Waals surface area contributed by atoms with Crippen molar-refractivity contribution in [2.75, 3.05) is 26.4 Å². The summed E-state index contributed by atoms with van der Waals surface area (Å²) in [6.07, 6.45) is 5.22. The van der Waals surface area contributed by atoms with E-state index in [2.05, 4.69) is 12.1 Å². The highest BCUT2D eigenvalue weighted by Gasteiger charge is 2.43. The molecule has 130 valence electrons. The van der Waals surface area contributed by atoms with Gasteiger partial charge in [0.15, 0.2) is 17.1 Å². The van der Waals surface area contributed by atoms with Crippen LogP contribution in [0.25, 0.3) is 0 Å². The highest BCUT2D eigenvalue weighted by molar-refractivity contribution is 6.02. The lowest BCUT2D eigenvalue weighted by Crippen LogP contribution is -2.29. The van der Waals surface area contributed by atoms with Gasteiger partial charge in [0.1, 0.15) is 0 Å². The van der Waals surface area contributed by atoms with Crippen LogP contribution in [-0.2, 0) is 9.57 Å². The van der Waals surface area contributed by atoms with E-state index in [0.717, 1.165) is 55.3 Å². The van der Waals surface area contributed by atoms with Crippen molar-refractivity contribution in [1.29, 1.82) is 0 Å².